The van der Waals surface area contributed by atoms with E-state index in [-0.39, 0.29) is 24.8 Å². The molecule has 0 unspecified atom stereocenters. The van der Waals surface area contributed by atoms with Gasteiger partial charge in [-0.1, -0.05) is 12.1 Å². The second-order valence-corrected chi connectivity index (χ2v) is 5.04. The fourth-order valence-electron chi connectivity index (χ4n) is 2.54. The molecule has 6 heteroatoms. The topological polar surface area (TPSA) is 48.0 Å². The fourth-order valence-corrected chi connectivity index (χ4v) is 2.54. The molecular formula is C17H16FNO4. The molecule has 3 rings (SSSR count). The Hall–Kier alpha value is -2.76. The normalized spacial score (nSPS) is 13.9. The smallest absolute Gasteiger partial charge is 0.265 e. The van der Waals surface area contributed by atoms with Gasteiger partial charge in [-0.25, -0.2) is 4.39 Å². The minimum Gasteiger partial charge on any atom is -0.494 e. The second kappa shape index (κ2) is 6.16. The lowest BCUT2D eigenvalue weighted by atomic mass is 10.1. The van der Waals surface area contributed by atoms with Gasteiger partial charge in [0.1, 0.15) is 0 Å². The molecule has 0 fully saturated rings. The summed E-state index contributed by atoms with van der Waals surface area (Å²) in [5.74, 6) is 0.467. The van der Waals surface area contributed by atoms with E-state index in [1.165, 1.54) is 24.1 Å². The molecular weight excluding hydrogens is 301 g/mol. The summed E-state index contributed by atoms with van der Waals surface area (Å²) in [7, 11) is 2.94. The van der Waals surface area contributed by atoms with Crippen molar-refractivity contribution in [2.75, 3.05) is 25.7 Å². The van der Waals surface area contributed by atoms with Crippen molar-refractivity contribution in [2.24, 2.45) is 0 Å². The van der Waals surface area contributed by atoms with E-state index >= 15 is 0 Å². The first kappa shape index (κ1) is 15.1. The number of fused-ring (bicyclic) bond motifs is 1. The van der Waals surface area contributed by atoms with E-state index in [2.05, 4.69) is 0 Å². The van der Waals surface area contributed by atoms with Gasteiger partial charge in [-0.15, -0.1) is 0 Å². The van der Waals surface area contributed by atoms with E-state index in [1.54, 1.807) is 19.2 Å². The third-order valence-corrected chi connectivity index (χ3v) is 3.70. The number of para-hydroxylation sites is 1. The highest BCUT2D eigenvalue weighted by molar-refractivity contribution is 5.95. The van der Waals surface area contributed by atoms with Gasteiger partial charge in [-0.3, -0.25) is 4.79 Å². The quantitative estimate of drug-likeness (QED) is 0.873. The zero-order valence-corrected chi connectivity index (χ0v) is 12.8. The third-order valence-electron chi connectivity index (χ3n) is 3.70. The second-order valence-electron chi connectivity index (χ2n) is 5.04. The van der Waals surface area contributed by atoms with Crippen LogP contribution in [0, 0.1) is 5.82 Å². The van der Waals surface area contributed by atoms with Crippen LogP contribution in [0.15, 0.2) is 36.4 Å². The third kappa shape index (κ3) is 2.79. The van der Waals surface area contributed by atoms with Crippen LogP contribution in [-0.4, -0.2) is 26.7 Å². The molecule has 0 N–H and O–H groups in total. The first-order valence-electron chi connectivity index (χ1n) is 7.06. The molecule has 1 aliphatic heterocycles. The zero-order valence-electron chi connectivity index (χ0n) is 12.8. The standard InChI is InChI=1S/C17H16FNO4/c1-21-14-7-6-12(8-13(14)18)19-9-11-4-3-5-15(22-2)17(11)23-10-16(19)20/h3-8H,9-10H2,1-2H3. The highest BCUT2D eigenvalue weighted by Gasteiger charge is 2.25. The van der Waals surface area contributed by atoms with Gasteiger partial charge in [0.25, 0.3) is 5.91 Å². The van der Waals surface area contributed by atoms with Crippen molar-refractivity contribution < 1.29 is 23.4 Å². The van der Waals surface area contributed by atoms with Crippen LogP contribution < -0.4 is 19.1 Å². The van der Waals surface area contributed by atoms with E-state index in [9.17, 15) is 9.18 Å². The van der Waals surface area contributed by atoms with E-state index in [4.69, 9.17) is 14.2 Å². The summed E-state index contributed by atoms with van der Waals surface area (Å²) in [6.07, 6.45) is 0. The van der Waals surface area contributed by atoms with Gasteiger partial charge >= 0.3 is 0 Å². The van der Waals surface area contributed by atoms with Crippen molar-refractivity contribution in [3.63, 3.8) is 0 Å². The van der Waals surface area contributed by atoms with Crippen LogP contribution in [-0.2, 0) is 11.3 Å². The number of ether oxygens (including phenoxy) is 3. The number of methoxy groups -OCH3 is 2. The number of amides is 1. The molecule has 2 aromatic carbocycles. The van der Waals surface area contributed by atoms with E-state index < -0.39 is 5.82 Å². The first-order chi connectivity index (χ1) is 11.1. The lowest BCUT2D eigenvalue weighted by Gasteiger charge is -2.20. The molecule has 0 aliphatic carbocycles. The van der Waals surface area contributed by atoms with Crippen molar-refractivity contribution in [3.05, 3.63) is 47.8 Å². The summed E-state index contributed by atoms with van der Waals surface area (Å²) in [5.41, 5.74) is 1.25. The Balaban J connectivity index is 1.99. The molecule has 0 bridgehead atoms. The number of nitrogens with zero attached hydrogens (tertiary/aromatic N) is 1. The number of hydrogen-bond donors (Lipinski definition) is 0. The Morgan fingerprint density at radius 1 is 1.13 bits per heavy atom. The number of anilines is 1. The molecule has 0 atom stereocenters. The predicted octanol–water partition coefficient (Wildman–Crippen LogP) is 2.77. The van der Waals surface area contributed by atoms with Gasteiger partial charge in [0.2, 0.25) is 0 Å². The SMILES string of the molecule is COc1ccc(N2Cc3cccc(OC)c3OCC2=O)cc1F. The molecule has 5 nitrogen and oxygen atoms in total. The Bertz CT molecular complexity index is 747. The highest BCUT2D eigenvalue weighted by Crippen LogP contribution is 2.35. The van der Waals surface area contributed by atoms with E-state index in [1.807, 2.05) is 12.1 Å². The van der Waals surface area contributed by atoms with Crippen LogP contribution in [0.3, 0.4) is 0 Å². The van der Waals surface area contributed by atoms with Crippen LogP contribution in [0.5, 0.6) is 17.2 Å². The van der Waals surface area contributed by atoms with Crippen LogP contribution in [0.25, 0.3) is 0 Å². The minimum absolute atomic E-state index is 0.134. The number of halogens is 1. The molecule has 0 spiro atoms. The molecule has 1 amide bonds. The van der Waals surface area contributed by atoms with Gasteiger partial charge in [-0.05, 0) is 18.2 Å². The van der Waals surface area contributed by atoms with Gasteiger partial charge in [-0.2, -0.15) is 0 Å². The van der Waals surface area contributed by atoms with Crippen LogP contribution in [0.1, 0.15) is 5.56 Å². The molecule has 1 aliphatic rings. The predicted molar refractivity (Wildman–Crippen MR) is 82.6 cm³/mol. The average Bonchev–Trinajstić information content (AvgIpc) is 2.74. The number of carbonyl (C=O) groups is 1. The maximum Gasteiger partial charge on any atom is 0.265 e. The van der Waals surface area contributed by atoms with E-state index in [0.29, 0.717) is 17.2 Å². The molecule has 0 radical (unpaired) electrons. The summed E-state index contributed by atoms with van der Waals surface area (Å²) in [4.78, 5) is 13.8. The number of benzene rings is 2. The Morgan fingerprint density at radius 2 is 1.91 bits per heavy atom. The van der Waals surface area contributed by atoms with Crippen molar-refractivity contribution in [3.8, 4) is 17.2 Å². The summed E-state index contributed by atoms with van der Waals surface area (Å²) < 4.78 is 29.7. The van der Waals surface area contributed by atoms with Gasteiger partial charge in [0, 0.05) is 17.3 Å². The Labute approximate surface area is 133 Å². The molecule has 0 aromatic heterocycles. The van der Waals surface area contributed by atoms with Crippen molar-refractivity contribution in [2.45, 2.75) is 6.54 Å². The lowest BCUT2D eigenvalue weighted by molar-refractivity contribution is -0.120. The lowest BCUT2D eigenvalue weighted by Crippen LogP contribution is -2.32. The number of rotatable bonds is 3. The summed E-state index contributed by atoms with van der Waals surface area (Å²) in [6.45, 7) is 0.137. The number of carbonyl (C=O) groups excluding carboxylic acids is 1. The molecule has 0 saturated carbocycles. The van der Waals surface area contributed by atoms with Gasteiger partial charge in [0.05, 0.1) is 20.8 Å². The summed E-state index contributed by atoms with van der Waals surface area (Å²) >= 11 is 0. The average molecular weight is 317 g/mol. The number of hydrogen-bond acceptors (Lipinski definition) is 4. The highest BCUT2D eigenvalue weighted by atomic mass is 19.1. The van der Waals surface area contributed by atoms with Crippen molar-refractivity contribution >= 4 is 11.6 Å². The maximum atomic E-state index is 13.9. The monoisotopic (exact) mass is 317 g/mol. The fraction of sp³-hybridized carbons (Fsp3) is 0.235. The van der Waals surface area contributed by atoms with E-state index in [0.717, 1.165) is 5.56 Å². The van der Waals surface area contributed by atoms with Crippen molar-refractivity contribution in [1.82, 2.24) is 0 Å². The maximum absolute atomic E-state index is 13.9. The van der Waals surface area contributed by atoms with Crippen LogP contribution in [0.4, 0.5) is 10.1 Å². The van der Waals surface area contributed by atoms with Crippen LogP contribution >= 0.6 is 0 Å². The molecule has 0 saturated heterocycles. The minimum atomic E-state index is -0.520. The summed E-state index contributed by atoms with van der Waals surface area (Å²) in [6, 6.07) is 9.86. The Kier molecular flexibility index (Phi) is 4.06. The first-order valence-corrected chi connectivity index (χ1v) is 7.06. The molecule has 2 aromatic rings. The van der Waals surface area contributed by atoms with Crippen molar-refractivity contribution in [1.29, 1.82) is 0 Å². The van der Waals surface area contributed by atoms with Gasteiger partial charge in [0.15, 0.2) is 29.7 Å². The summed E-state index contributed by atoms with van der Waals surface area (Å²) in [5, 5.41) is 0. The zero-order chi connectivity index (χ0) is 16.4. The van der Waals surface area contributed by atoms with Gasteiger partial charge < -0.3 is 19.1 Å². The molecule has 23 heavy (non-hydrogen) atoms. The van der Waals surface area contributed by atoms with Crippen LogP contribution in [0.2, 0.25) is 0 Å². The molecule has 120 valence electrons. The Morgan fingerprint density at radius 3 is 2.61 bits per heavy atom. The largest absolute Gasteiger partial charge is 0.494 e. The molecule has 1 heterocycles.